The van der Waals surface area contributed by atoms with Crippen molar-refractivity contribution in [3.05, 3.63) is 59.2 Å². The summed E-state index contributed by atoms with van der Waals surface area (Å²) >= 11 is 0. The predicted molar refractivity (Wildman–Crippen MR) is 108 cm³/mol. The Bertz CT molecular complexity index is 809. The number of rotatable bonds is 4. The summed E-state index contributed by atoms with van der Waals surface area (Å²) in [6.07, 6.45) is 1.01. The monoisotopic (exact) mass is 365 g/mol. The molecule has 4 rings (SSSR count). The number of amides is 1. The van der Waals surface area contributed by atoms with E-state index in [1.807, 2.05) is 48.2 Å². The summed E-state index contributed by atoms with van der Waals surface area (Å²) in [7, 11) is 4.01. The molecule has 0 unspecified atom stereocenters. The maximum absolute atomic E-state index is 12.8. The van der Waals surface area contributed by atoms with Crippen LogP contribution >= 0.6 is 0 Å². The normalized spacial score (nSPS) is 16.7. The molecule has 0 atom stereocenters. The highest BCUT2D eigenvalue weighted by atomic mass is 16.5. The average Bonchev–Trinajstić information content (AvgIpc) is 3.16. The van der Waals surface area contributed by atoms with Gasteiger partial charge < -0.3 is 14.5 Å². The van der Waals surface area contributed by atoms with Gasteiger partial charge in [-0.25, -0.2) is 0 Å². The maximum atomic E-state index is 12.8. The van der Waals surface area contributed by atoms with Crippen LogP contribution in [0.2, 0.25) is 0 Å². The van der Waals surface area contributed by atoms with Crippen LogP contribution in [0.1, 0.15) is 21.5 Å². The van der Waals surface area contributed by atoms with Crippen molar-refractivity contribution in [1.29, 1.82) is 0 Å². The van der Waals surface area contributed by atoms with Crippen molar-refractivity contribution < 1.29 is 9.53 Å². The van der Waals surface area contributed by atoms with Crippen LogP contribution in [0, 0.1) is 0 Å². The van der Waals surface area contributed by atoms with E-state index in [0.717, 1.165) is 62.8 Å². The molecule has 27 heavy (non-hydrogen) atoms. The molecule has 1 amide bonds. The van der Waals surface area contributed by atoms with Gasteiger partial charge in [0, 0.05) is 64.5 Å². The van der Waals surface area contributed by atoms with Crippen LogP contribution in [-0.4, -0.2) is 62.6 Å². The zero-order valence-corrected chi connectivity index (χ0v) is 16.1. The van der Waals surface area contributed by atoms with Crippen molar-refractivity contribution in [2.75, 3.05) is 51.8 Å². The van der Waals surface area contributed by atoms with E-state index in [1.54, 1.807) is 0 Å². The number of fused-ring (bicyclic) bond motifs is 1. The molecule has 2 aromatic carbocycles. The van der Waals surface area contributed by atoms with Crippen molar-refractivity contribution in [1.82, 2.24) is 9.80 Å². The summed E-state index contributed by atoms with van der Waals surface area (Å²) in [4.78, 5) is 19.2. The van der Waals surface area contributed by atoms with E-state index in [1.165, 1.54) is 11.1 Å². The number of anilines is 1. The molecule has 142 valence electrons. The van der Waals surface area contributed by atoms with Crippen molar-refractivity contribution in [3.8, 4) is 5.75 Å². The first-order valence-corrected chi connectivity index (χ1v) is 9.64. The predicted octanol–water partition coefficient (Wildman–Crippen LogP) is 2.65. The summed E-state index contributed by atoms with van der Waals surface area (Å²) < 4.78 is 5.59. The third-order valence-electron chi connectivity index (χ3n) is 5.45. The van der Waals surface area contributed by atoms with E-state index in [0.29, 0.717) is 0 Å². The zero-order chi connectivity index (χ0) is 18.8. The molecule has 2 aromatic rings. The van der Waals surface area contributed by atoms with Gasteiger partial charge >= 0.3 is 0 Å². The Morgan fingerprint density at radius 2 is 1.78 bits per heavy atom. The summed E-state index contributed by atoms with van der Waals surface area (Å²) in [5.74, 6) is 1.17. The number of hydrogen-bond acceptors (Lipinski definition) is 4. The lowest BCUT2D eigenvalue weighted by molar-refractivity contribution is 0.0628. The second-order valence-electron chi connectivity index (χ2n) is 7.55. The van der Waals surface area contributed by atoms with E-state index in [-0.39, 0.29) is 5.91 Å². The number of benzene rings is 2. The first kappa shape index (κ1) is 17.9. The van der Waals surface area contributed by atoms with Crippen LogP contribution < -0.4 is 9.64 Å². The molecule has 5 nitrogen and oxygen atoms in total. The van der Waals surface area contributed by atoms with Crippen LogP contribution in [0.4, 0.5) is 5.69 Å². The molecule has 0 saturated carbocycles. The van der Waals surface area contributed by atoms with Crippen molar-refractivity contribution in [2.45, 2.75) is 13.0 Å². The van der Waals surface area contributed by atoms with Gasteiger partial charge in [0.1, 0.15) is 5.75 Å². The Hall–Kier alpha value is -2.53. The van der Waals surface area contributed by atoms with Crippen LogP contribution in [-0.2, 0) is 13.0 Å². The standard InChI is InChI=1S/C22H27N3O2/c1-23(2)20-6-4-18(5-7-20)22(26)25-12-10-24(11-13-25)16-17-3-8-21-19(15-17)9-14-27-21/h3-8,15H,9-14,16H2,1-2H3. The van der Waals surface area contributed by atoms with Crippen molar-refractivity contribution in [2.24, 2.45) is 0 Å². The first-order valence-electron chi connectivity index (χ1n) is 9.64. The van der Waals surface area contributed by atoms with E-state index in [9.17, 15) is 4.79 Å². The fourth-order valence-electron chi connectivity index (χ4n) is 3.79. The van der Waals surface area contributed by atoms with Gasteiger partial charge in [-0.15, -0.1) is 0 Å². The molecular formula is C22H27N3O2. The molecule has 0 aliphatic carbocycles. The highest BCUT2D eigenvalue weighted by Gasteiger charge is 2.22. The highest BCUT2D eigenvalue weighted by Crippen LogP contribution is 2.26. The summed E-state index contributed by atoms with van der Waals surface area (Å²) in [6, 6.07) is 14.4. The molecule has 1 saturated heterocycles. The molecule has 0 aromatic heterocycles. The number of hydrogen-bond donors (Lipinski definition) is 0. The fourth-order valence-corrected chi connectivity index (χ4v) is 3.79. The van der Waals surface area contributed by atoms with Gasteiger partial charge in [0.2, 0.25) is 0 Å². The van der Waals surface area contributed by atoms with Crippen molar-refractivity contribution >= 4 is 11.6 Å². The highest BCUT2D eigenvalue weighted by molar-refractivity contribution is 5.94. The molecule has 5 heteroatoms. The minimum Gasteiger partial charge on any atom is -0.493 e. The fraction of sp³-hybridized carbons (Fsp3) is 0.409. The Morgan fingerprint density at radius 3 is 2.48 bits per heavy atom. The van der Waals surface area contributed by atoms with Crippen LogP contribution in [0.5, 0.6) is 5.75 Å². The number of carbonyl (C=O) groups is 1. The van der Waals surface area contributed by atoms with Gasteiger partial charge in [-0.05, 0) is 41.5 Å². The number of ether oxygens (including phenoxy) is 1. The maximum Gasteiger partial charge on any atom is 0.253 e. The average molecular weight is 365 g/mol. The van der Waals surface area contributed by atoms with Gasteiger partial charge in [-0.2, -0.15) is 0 Å². The smallest absolute Gasteiger partial charge is 0.253 e. The molecule has 0 spiro atoms. The Kier molecular flexibility index (Phi) is 5.03. The van der Waals surface area contributed by atoms with Crippen LogP contribution in [0.15, 0.2) is 42.5 Å². The Balaban J connectivity index is 1.32. The third kappa shape index (κ3) is 3.93. The summed E-state index contributed by atoms with van der Waals surface area (Å²) in [6.45, 7) is 5.12. The lowest BCUT2D eigenvalue weighted by atomic mass is 10.1. The molecule has 1 fully saturated rings. The second-order valence-corrected chi connectivity index (χ2v) is 7.55. The van der Waals surface area contributed by atoms with Gasteiger partial charge in [0.25, 0.3) is 5.91 Å². The summed E-state index contributed by atoms with van der Waals surface area (Å²) in [5, 5.41) is 0. The van der Waals surface area contributed by atoms with Crippen LogP contribution in [0.25, 0.3) is 0 Å². The first-order chi connectivity index (χ1) is 13.1. The lowest BCUT2D eigenvalue weighted by Crippen LogP contribution is -2.48. The van der Waals surface area contributed by atoms with Gasteiger partial charge in [-0.3, -0.25) is 9.69 Å². The van der Waals surface area contributed by atoms with E-state index in [2.05, 4.69) is 23.1 Å². The molecule has 2 heterocycles. The Labute approximate surface area is 161 Å². The molecule has 0 radical (unpaired) electrons. The molecular weight excluding hydrogens is 338 g/mol. The van der Waals surface area contributed by atoms with E-state index in [4.69, 9.17) is 4.74 Å². The molecule has 2 aliphatic heterocycles. The lowest BCUT2D eigenvalue weighted by Gasteiger charge is -2.35. The Morgan fingerprint density at radius 1 is 1.04 bits per heavy atom. The molecule has 2 aliphatic rings. The number of nitrogens with zero attached hydrogens (tertiary/aromatic N) is 3. The number of piperazine rings is 1. The van der Waals surface area contributed by atoms with E-state index < -0.39 is 0 Å². The third-order valence-corrected chi connectivity index (χ3v) is 5.45. The summed E-state index contributed by atoms with van der Waals surface area (Å²) in [5.41, 5.74) is 4.53. The molecule has 0 N–H and O–H groups in total. The minimum atomic E-state index is 0.134. The molecule has 0 bridgehead atoms. The van der Waals surface area contributed by atoms with Gasteiger partial charge in [-0.1, -0.05) is 12.1 Å². The quantitative estimate of drug-likeness (QED) is 0.835. The van der Waals surface area contributed by atoms with Crippen molar-refractivity contribution in [3.63, 3.8) is 0 Å². The second kappa shape index (κ2) is 7.61. The largest absolute Gasteiger partial charge is 0.493 e. The van der Waals surface area contributed by atoms with Gasteiger partial charge in [0.05, 0.1) is 6.61 Å². The van der Waals surface area contributed by atoms with E-state index >= 15 is 0 Å². The number of carbonyl (C=O) groups excluding carboxylic acids is 1. The van der Waals surface area contributed by atoms with Gasteiger partial charge in [0.15, 0.2) is 0 Å². The topological polar surface area (TPSA) is 36.0 Å². The zero-order valence-electron chi connectivity index (χ0n) is 16.1. The SMILES string of the molecule is CN(C)c1ccc(C(=O)N2CCN(Cc3ccc4c(c3)CCO4)CC2)cc1. The minimum absolute atomic E-state index is 0.134. The van der Waals surface area contributed by atoms with Crippen LogP contribution in [0.3, 0.4) is 0 Å².